The maximum Gasteiger partial charge on any atom is 0.322 e. The summed E-state index contributed by atoms with van der Waals surface area (Å²) in [4.78, 5) is 21.8. The molecule has 33 heavy (non-hydrogen) atoms. The molecule has 186 valence electrons. The number of methoxy groups -OCH3 is 1. The lowest BCUT2D eigenvalue weighted by Crippen LogP contribution is -2.42. The lowest BCUT2D eigenvalue weighted by Gasteiger charge is -2.23. The molecule has 1 atom stereocenters. The van der Waals surface area contributed by atoms with Gasteiger partial charge in [0.1, 0.15) is 18.5 Å². The predicted molar refractivity (Wildman–Crippen MR) is 128 cm³/mol. The highest BCUT2D eigenvalue weighted by Gasteiger charge is 2.21. The highest BCUT2D eigenvalue weighted by molar-refractivity contribution is 5.76. The van der Waals surface area contributed by atoms with E-state index in [-0.39, 0.29) is 28.2 Å². The molecule has 0 aromatic carbocycles. The van der Waals surface area contributed by atoms with Crippen LogP contribution in [0.4, 0.5) is 4.79 Å². The highest BCUT2D eigenvalue weighted by atomic mass is 16.5. The van der Waals surface area contributed by atoms with Gasteiger partial charge in [0.25, 0.3) is 6.47 Å². The van der Waals surface area contributed by atoms with E-state index in [1.165, 1.54) is 0 Å². The third kappa shape index (κ3) is 8.00. The van der Waals surface area contributed by atoms with Gasteiger partial charge in [-0.15, -0.1) is 5.73 Å². The average Bonchev–Trinajstić information content (AvgIpc) is 3.40. The molecule has 2 heterocycles. The first-order valence-electron chi connectivity index (χ1n) is 11.1. The third-order valence-electron chi connectivity index (χ3n) is 4.97. The van der Waals surface area contributed by atoms with Crippen molar-refractivity contribution >= 4 is 12.5 Å². The normalized spacial score (nSPS) is 18.1. The van der Waals surface area contributed by atoms with Crippen LogP contribution in [0.1, 0.15) is 48.5 Å². The summed E-state index contributed by atoms with van der Waals surface area (Å²) in [6, 6.07) is -0.231. The molecule has 0 radical (unpaired) electrons. The quantitative estimate of drug-likeness (QED) is 0.245. The van der Waals surface area contributed by atoms with E-state index >= 15 is 0 Å². The van der Waals surface area contributed by atoms with E-state index in [1.807, 2.05) is 44.6 Å². The molecule has 2 amide bonds. The first-order valence-corrected chi connectivity index (χ1v) is 11.1. The standard InChI is InChI=1S/C15H23N3O3.C8H12N2O2.2H2/c1-4-6-12-7-5-8-13(12)14(17-11(2)3)18-15(20)16-9-21-10-19;1-6-3-9-10-4-7(11-2)5-12-8(6)10;;/h4,10-11,17H,5,7-9H2,1-3H3,(H2,16,18,20);3,7H,4-5H2,1-2H3;2*1H/b14-13+;;;. The number of carbonyl (C=O) groups excluding carboxylic acids is 2. The first kappa shape index (κ1) is 26.0. The Labute approximate surface area is 198 Å². The lowest BCUT2D eigenvalue weighted by molar-refractivity contribution is -0.129. The van der Waals surface area contributed by atoms with Crippen molar-refractivity contribution in [2.45, 2.75) is 65.6 Å². The van der Waals surface area contributed by atoms with E-state index in [0.29, 0.717) is 12.4 Å². The second kappa shape index (κ2) is 13.3. The van der Waals surface area contributed by atoms with Crippen LogP contribution in [0, 0.1) is 6.92 Å². The van der Waals surface area contributed by atoms with Crippen LogP contribution < -0.4 is 20.7 Å². The summed E-state index contributed by atoms with van der Waals surface area (Å²) in [5.41, 5.74) is 6.51. The SMILES string of the molecule is CC=C=C1CCC/C1=C(\NC(=O)NCOC=O)NC(C)C.COC1COc2c(C)cnn2C1.[HH].[HH]. The molecule has 0 bridgehead atoms. The van der Waals surface area contributed by atoms with Gasteiger partial charge in [-0.25, -0.2) is 9.48 Å². The number of hydrogen-bond donors (Lipinski definition) is 3. The number of fused-ring (bicyclic) bond motifs is 1. The maximum atomic E-state index is 11.8. The summed E-state index contributed by atoms with van der Waals surface area (Å²) < 4.78 is 16.9. The molecule has 1 aliphatic heterocycles. The number of rotatable bonds is 7. The fourth-order valence-electron chi connectivity index (χ4n) is 3.49. The van der Waals surface area contributed by atoms with Crippen molar-refractivity contribution in [1.29, 1.82) is 0 Å². The average molecular weight is 466 g/mol. The van der Waals surface area contributed by atoms with Gasteiger partial charge in [-0.05, 0) is 53.0 Å². The number of urea groups is 1. The number of nitrogens with one attached hydrogen (secondary N) is 3. The number of aryl methyl sites for hydroxylation is 1. The number of carbonyl (C=O) groups is 2. The van der Waals surface area contributed by atoms with Crippen LogP contribution in [0.5, 0.6) is 5.88 Å². The van der Waals surface area contributed by atoms with Gasteiger partial charge < -0.3 is 24.8 Å². The molecule has 3 N–H and O–H groups in total. The van der Waals surface area contributed by atoms with Crippen LogP contribution >= 0.6 is 0 Å². The molecule has 1 aromatic heterocycles. The molecular weight excluding hydrogens is 426 g/mol. The van der Waals surface area contributed by atoms with E-state index in [2.05, 4.69) is 31.5 Å². The molecule has 2 aliphatic rings. The highest BCUT2D eigenvalue weighted by Crippen LogP contribution is 2.31. The third-order valence-corrected chi connectivity index (χ3v) is 4.97. The van der Waals surface area contributed by atoms with Gasteiger partial charge in [-0.2, -0.15) is 5.10 Å². The van der Waals surface area contributed by atoms with E-state index in [1.54, 1.807) is 7.11 Å². The Hall–Kier alpha value is -3.23. The van der Waals surface area contributed by atoms with Crippen molar-refractivity contribution in [3.05, 3.63) is 40.5 Å². The van der Waals surface area contributed by atoms with Gasteiger partial charge in [0.05, 0.1) is 12.7 Å². The zero-order valence-corrected chi connectivity index (χ0v) is 20.1. The van der Waals surface area contributed by atoms with Crippen LogP contribution in [0.3, 0.4) is 0 Å². The van der Waals surface area contributed by atoms with Crippen molar-refractivity contribution in [3.8, 4) is 5.88 Å². The van der Waals surface area contributed by atoms with E-state index in [9.17, 15) is 9.59 Å². The number of amides is 2. The Morgan fingerprint density at radius 3 is 2.91 bits per heavy atom. The fraction of sp³-hybridized carbons (Fsp3) is 0.565. The summed E-state index contributed by atoms with van der Waals surface area (Å²) in [7, 11) is 1.69. The number of nitrogens with zero attached hydrogens (tertiary/aromatic N) is 2. The molecular formula is C23H39N5O5. The molecule has 0 saturated heterocycles. The minimum absolute atomic E-state index is 0. The van der Waals surface area contributed by atoms with Gasteiger partial charge >= 0.3 is 6.03 Å². The fourth-order valence-corrected chi connectivity index (χ4v) is 3.49. The summed E-state index contributed by atoms with van der Waals surface area (Å²) in [5.74, 6) is 1.57. The Kier molecular flexibility index (Phi) is 10.5. The Balaban J connectivity index is 0.000000702. The second-order valence-corrected chi connectivity index (χ2v) is 7.94. The minimum atomic E-state index is -0.417. The van der Waals surface area contributed by atoms with Gasteiger partial charge in [0.2, 0.25) is 5.88 Å². The largest absolute Gasteiger partial charge is 0.475 e. The number of allylic oxidation sites excluding steroid dienone is 2. The van der Waals surface area contributed by atoms with Gasteiger partial charge in [-0.1, -0.05) is 0 Å². The second-order valence-electron chi connectivity index (χ2n) is 7.94. The molecule has 1 fully saturated rings. The molecule has 1 unspecified atom stereocenters. The summed E-state index contributed by atoms with van der Waals surface area (Å²) >= 11 is 0. The number of hydrogen-bond acceptors (Lipinski definition) is 7. The van der Waals surface area contributed by atoms with Crippen LogP contribution in [0.25, 0.3) is 0 Å². The summed E-state index contributed by atoms with van der Waals surface area (Å²) in [5, 5.41) is 12.6. The monoisotopic (exact) mass is 465 g/mol. The van der Waals surface area contributed by atoms with Crippen molar-refractivity contribution < 1.29 is 26.7 Å². The van der Waals surface area contributed by atoms with Gasteiger partial charge in [0, 0.05) is 32.7 Å². The van der Waals surface area contributed by atoms with Crippen LogP contribution in [0.15, 0.2) is 35.0 Å². The van der Waals surface area contributed by atoms with Crippen molar-refractivity contribution in [2.75, 3.05) is 20.4 Å². The predicted octanol–water partition coefficient (Wildman–Crippen LogP) is 3.00. The van der Waals surface area contributed by atoms with Crippen molar-refractivity contribution in [3.63, 3.8) is 0 Å². The zero-order valence-electron chi connectivity index (χ0n) is 20.1. The molecule has 1 aliphatic carbocycles. The Morgan fingerprint density at radius 2 is 2.24 bits per heavy atom. The summed E-state index contributed by atoms with van der Waals surface area (Å²) in [6.45, 7) is 9.48. The Morgan fingerprint density at radius 1 is 1.45 bits per heavy atom. The molecule has 10 heteroatoms. The number of aromatic nitrogens is 2. The van der Waals surface area contributed by atoms with Crippen LogP contribution in [-0.4, -0.2) is 54.9 Å². The summed E-state index contributed by atoms with van der Waals surface area (Å²) in [6.07, 6.45) is 6.74. The maximum absolute atomic E-state index is 11.8. The van der Waals surface area contributed by atoms with E-state index < -0.39 is 6.03 Å². The molecule has 1 saturated carbocycles. The zero-order chi connectivity index (χ0) is 24.2. The van der Waals surface area contributed by atoms with Gasteiger partial charge in [0.15, 0.2) is 6.73 Å². The molecule has 10 nitrogen and oxygen atoms in total. The van der Waals surface area contributed by atoms with Gasteiger partial charge in [-0.3, -0.25) is 10.1 Å². The van der Waals surface area contributed by atoms with E-state index in [4.69, 9.17) is 9.47 Å². The first-order chi connectivity index (χ1) is 15.9. The molecule has 1 aromatic rings. The van der Waals surface area contributed by atoms with Crippen molar-refractivity contribution in [1.82, 2.24) is 25.7 Å². The van der Waals surface area contributed by atoms with E-state index in [0.717, 1.165) is 48.4 Å². The lowest BCUT2D eigenvalue weighted by atomic mass is 10.1. The topological polar surface area (TPSA) is 116 Å². The van der Waals surface area contributed by atoms with Crippen LogP contribution in [0.2, 0.25) is 0 Å². The molecule has 0 spiro atoms. The van der Waals surface area contributed by atoms with Crippen molar-refractivity contribution in [2.24, 2.45) is 0 Å². The minimum Gasteiger partial charge on any atom is -0.475 e. The number of ether oxygens (including phenoxy) is 3. The van der Waals surface area contributed by atoms with Crippen LogP contribution in [-0.2, 0) is 20.8 Å². The smallest absolute Gasteiger partial charge is 0.322 e. The Bertz CT molecular complexity index is 910. The molecule has 3 rings (SSSR count).